The van der Waals surface area contributed by atoms with Crippen LogP contribution in [0.3, 0.4) is 0 Å². The first-order chi connectivity index (χ1) is 12.5. The zero-order chi connectivity index (χ0) is 18.9. The number of nitrogens with one attached hydrogen (secondary N) is 2. The maximum absolute atomic E-state index is 6.06. The number of aliphatic imine (C=N–C) groups is 1. The molecule has 0 amide bonds. The number of aryl methyl sites for hydroxylation is 1. The van der Waals surface area contributed by atoms with Crippen molar-refractivity contribution in [2.45, 2.75) is 13.1 Å². The molecule has 0 radical (unpaired) electrons. The van der Waals surface area contributed by atoms with Crippen molar-refractivity contribution in [3.05, 3.63) is 52.8 Å². The minimum atomic E-state index is 0. The summed E-state index contributed by atoms with van der Waals surface area (Å²) >= 11 is 6.06. The molecule has 0 unspecified atom stereocenters. The highest BCUT2D eigenvalue weighted by Crippen LogP contribution is 2.14. The quantitative estimate of drug-likeness (QED) is 0.249. The van der Waals surface area contributed by atoms with Gasteiger partial charge in [0.15, 0.2) is 5.96 Å². The second-order valence-electron chi connectivity index (χ2n) is 6.13. The van der Waals surface area contributed by atoms with Crippen LogP contribution in [0.1, 0.15) is 11.3 Å². The number of nitrogens with zero attached hydrogens (tertiary/aromatic N) is 3. The van der Waals surface area contributed by atoms with Crippen molar-refractivity contribution in [1.82, 2.24) is 14.8 Å². The van der Waals surface area contributed by atoms with Crippen molar-refractivity contribution in [3.63, 3.8) is 0 Å². The minimum absolute atomic E-state index is 0. The molecule has 0 fully saturated rings. The number of guanidine groups is 1. The van der Waals surface area contributed by atoms with Crippen LogP contribution in [0.25, 0.3) is 0 Å². The number of benzene rings is 1. The fourth-order valence-corrected chi connectivity index (χ4v) is 2.92. The third-order valence-corrected chi connectivity index (χ3v) is 4.29. The van der Waals surface area contributed by atoms with Crippen molar-refractivity contribution >= 4 is 47.2 Å². The molecule has 1 aromatic heterocycles. The average molecular weight is 506 g/mol. The van der Waals surface area contributed by atoms with E-state index in [1.807, 2.05) is 30.9 Å². The highest BCUT2D eigenvalue weighted by atomic mass is 127. The summed E-state index contributed by atoms with van der Waals surface area (Å²) in [5.74, 6) is 0.838. The summed E-state index contributed by atoms with van der Waals surface area (Å²) < 4.78 is 7.07. The molecule has 0 spiro atoms. The van der Waals surface area contributed by atoms with Crippen LogP contribution in [0.2, 0.25) is 5.02 Å². The van der Waals surface area contributed by atoms with Gasteiger partial charge in [0, 0.05) is 58.9 Å². The number of methoxy groups -OCH3 is 1. The summed E-state index contributed by atoms with van der Waals surface area (Å²) in [5, 5.41) is 7.46. The Morgan fingerprint density at radius 1 is 1.30 bits per heavy atom. The second-order valence-corrected chi connectivity index (χ2v) is 6.57. The lowest BCUT2D eigenvalue weighted by Crippen LogP contribution is -2.38. The highest BCUT2D eigenvalue weighted by Gasteiger charge is 2.09. The number of aromatic nitrogens is 1. The number of anilines is 1. The first-order valence-corrected chi connectivity index (χ1v) is 8.95. The number of hydrogen-bond acceptors (Lipinski definition) is 3. The van der Waals surface area contributed by atoms with Crippen molar-refractivity contribution in [3.8, 4) is 0 Å². The zero-order valence-electron chi connectivity index (χ0n) is 16.3. The number of halogens is 2. The summed E-state index contributed by atoms with van der Waals surface area (Å²) in [5.41, 5.74) is 3.42. The van der Waals surface area contributed by atoms with Crippen molar-refractivity contribution in [2.75, 3.05) is 39.7 Å². The number of rotatable bonds is 8. The van der Waals surface area contributed by atoms with Crippen LogP contribution in [0.5, 0.6) is 0 Å². The lowest BCUT2D eigenvalue weighted by molar-refractivity contribution is 0.211. The Kier molecular flexibility index (Phi) is 10.6. The van der Waals surface area contributed by atoms with Gasteiger partial charge < -0.3 is 24.8 Å². The molecule has 27 heavy (non-hydrogen) atoms. The van der Waals surface area contributed by atoms with Gasteiger partial charge in [-0.15, -0.1) is 24.0 Å². The second kappa shape index (κ2) is 12.1. The monoisotopic (exact) mass is 505 g/mol. The van der Waals surface area contributed by atoms with E-state index < -0.39 is 0 Å². The summed E-state index contributed by atoms with van der Waals surface area (Å²) in [6.07, 6.45) is 1.91. The van der Waals surface area contributed by atoms with Crippen molar-refractivity contribution in [1.29, 1.82) is 0 Å². The molecule has 2 rings (SSSR count). The van der Waals surface area contributed by atoms with Gasteiger partial charge in [0.05, 0.1) is 18.2 Å². The van der Waals surface area contributed by atoms with Crippen LogP contribution in [-0.2, 0) is 24.9 Å². The Labute approximate surface area is 184 Å². The molecule has 0 aliphatic carbocycles. The van der Waals surface area contributed by atoms with E-state index >= 15 is 0 Å². The first kappa shape index (κ1) is 23.6. The summed E-state index contributed by atoms with van der Waals surface area (Å²) in [4.78, 5) is 6.44. The van der Waals surface area contributed by atoms with Gasteiger partial charge >= 0.3 is 0 Å². The van der Waals surface area contributed by atoms with Gasteiger partial charge in [-0.2, -0.15) is 0 Å². The highest BCUT2D eigenvalue weighted by molar-refractivity contribution is 14.0. The molecule has 8 heteroatoms. The molecule has 0 aliphatic rings. The Morgan fingerprint density at radius 2 is 2.00 bits per heavy atom. The fraction of sp³-hybridized carbons (Fsp3) is 0.421. The van der Waals surface area contributed by atoms with Gasteiger partial charge in [0.2, 0.25) is 0 Å². The molecular formula is C19H29ClIN5O. The van der Waals surface area contributed by atoms with Crippen LogP contribution >= 0.6 is 35.6 Å². The van der Waals surface area contributed by atoms with Gasteiger partial charge in [0.25, 0.3) is 0 Å². The minimum Gasteiger partial charge on any atom is -0.383 e. The molecule has 0 bridgehead atoms. The van der Waals surface area contributed by atoms with E-state index in [9.17, 15) is 0 Å². The standard InChI is InChI=1S/C19H28ClN5O.HI/c1-21-19(25(3)14-18-11-16(20)13-24(18)2)23-12-15-5-7-17(8-6-15)22-9-10-26-4;/h5-8,11,13,22H,9-10,12,14H2,1-4H3,(H,21,23);1H. The van der Waals surface area contributed by atoms with E-state index in [0.29, 0.717) is 13.2 Å². The van der Waals surface area contributed by atoms with Crippen LogP contribution in [0, 0.1) is 0 Å². The predicted molar refractivity (Wildman–Crippen MR) is 124 cm³/mol. The SMILES string of the molecule is CN=C(NCc1ccc(NCCOC)cc1)N(C)Cc1cc(Cl)cn1C.I. The number of ether oxygens (including phenoxy) is 1. The largest absolute Gasteiger partial charge is 0.383 e. The van der Waals surface area contributed by atoms with Gasteiger partial charge in [-0.25, -0.2) is 0 Å². The maximum Gasteiger partial charge on any atom is 0.194 e. The zero-order valence-corrected chi connectivity index (χ0v) is 19.4. The van der Waals surface area contributed by atoms with Gasteiger partial charge in [0.1, 0.15) is 0 Å². The molecule has 0 saturated carbocycles. The number of hydrogen-bond donors (Lipinski definition) is 2. The van der Waals surface area contributed by atoms with Crippen LogP contribution < -0.4 is 10.6 Å². The Hall–Kier alpha value is -1.45. The molecule has 2 aromatic rings. The molecule has 150 valence electrons. The average Bonchev–Trinajstić information content (AvgIpc) is 2.94. The molecule has 2 N–H and O–H groups in total. The molecule has 0 saturated heterocycles. The normalized spacial score (nSPS) is 11.1. The lowest BCUT2D eigenvalue weighted by atomic mass is 10.2. The summed E-state index contributed by atoms with van der Waals surface area (Å²) in [7, 11) is 7.50. The molecule has 6 nitrogen and oxygen atoms in total. The third kappa shape index (κ3) is 7.59. The molecule has 1 aromatic carbocycles. The van der Waals surface area contributed by atoms with Gasteiger partial charge in [-0.1, -0.05) is 23.7 Å². The van der Waals surface area contributed by atoms with E-state index in [1.165, 1.54) is 5.56 Å². The van der Waals surface area contributed by atoms with E-state index in [-0.39, 0.29) is 24.0 Å². The van der Waals surface area contributed by atoms with Gasteiger partial charge in [-0.3, -0.25) is 4.99 Å². The Balaban J connectivity index is 0.00000364. The van der Waals surface area contributed by atoms with Crippen molar-refractivity contribution in [2.24, 2.45) is 12.0 Å². The lowest BCUT2D eigenvalue weighted by Gasteiger charge is -2.22. The summed E-state index contributed by atoms with van der Waals surface area (Å²) in [6, 6.07) is 10.3. The first-order valence-electron chi connectivity index (χ1n) is 8.57. The van der Waals surface area contributed by atoms with E-state index in [0.717, 1.165) is 35.5 Å². The molecular weight excluding hydrogens is 477 g/mol. The van der Waals surface area contributed by atoms with E-state index in [2.05, 4.69) is 44.8 Å². The summed E-state index contributed by atoms with van der Waals surface area (Å²) in [6.45, 7) is 2.93. The molecule has 0 atom stereocenters. The Morgan fingerprint density at radius 3 is 2.56 bits per heavy atom. The third-order valence-electron chi connectivity index (χ3n) is 4.09. The molecule has 0 aliphatic heterocycles. The fourth-order valence-electron chi connectivity index (χ4n) is 2.64. The van der Waals surface area contributed by atoms with Crippen molar-refractivity contribution < 1.29 is 4.74 Å². The topological polar surface area (TPSA) is 53.8 Å². The predicted octanol–water partition coefficient (Wildman–Crippen LogP) is 3.56. The van der Waals surface area contributed by atoms with Gasteiger partial charge in [-0.05, 0) is 23.8 Å². The Bertz CT molecular complexity index is 717. The van der Waals surface area contributed by atoms with E-state index in [4.69, 9.17) is 16.3 Å². The maximum atomic E-state index is 6.06. The van der Waals surface area contributed by atoms with Crippen LogP contribution in [-0.4, -0.2) is 49.8 Å². The smallest absolute Gasteiger partial charge is 0.194 e. The van der Waals surface area contributed by atoms with Crippen LogP contribution in [0.15, 0.2) is 41.5 Å². The van der Waals surface area contributed by atoms with E-state index in [1.54, 1.807) is 14.2 Å². The molecule has 1 heterocycles. The van der Waals surface area contributed by atoms with Crippen LogP contribution in [0.4, 0.5) is 5.69 Å².